The van der Waals surface area contributed by atoms with Gasteiger partial charge in [0, 0.05) is 19.1 Å². The number of anilines is 1. The number of carbonyl (C=O) groups excluding carboxylic acids is 2. The highest BCUT2D eigenvalue weighted by atomic mass is 32.1. The molecule has 1 aromatic rings. The summed E-state index contributed by atoms with van der Waals surface area (Å²) < 4.78 is 5.33. The molecular weight excluding hydrogens is 314 g/mol. The Morgan fingerprint density at radius 3 is 2.78 bits per heavy atom. The Morgan fingerprint density at radius 1 is 1.52 bits per heavy atom. The maximum absolute atomic E-state index is 12.3. The molecule has 124 valence electrons. The van der Waals surface area contributed by atoms with Crippen molar-refractivity contribution >= 4 is 29.0 Å². The van der Waals surface area contributed by atoms with Crippen LogP contribution in [0, 0.1) is 12.3 Å². The fourth-order valence-corrected chi connectivity index (χ4v) is 3.07. The first kappa shape index (κ1) is 17.2. The van der Waals surface area contributed by atoms with Crippen LogP contribution in [0.1, 0.15) is 41.7 Å². The molecule has 1 fully saturated rings. The lowest BCUT2D eigenvalue weighted by molar-refractivity contribution is 0.0290. The Hall–Kier alpha value is -2.20. The molecule has 0 bridgehead atoms. The Bertz CT molecular complexity index is 655. The molecule has 0 aliphatic carbocycles. The van der Waals surface area contributed by atoms with E-state index < -0.39 is 5.60 Å². The lowest BCUT2D eigenvalue weighted by atomic mass is 10.2. The van der Waals surface area contributed by atoms with E-state index in [0.29, 0.717) is 35.0 Å². The summed E-state index contributed by atoms with van der Waals surface area (Å²) in [5, 5.41) is 2.89. The third-order valence-electron chi connectivity index (χ3n) is 3.28. The number of nitrogens with one attached hydrogen (secondary N) is 1. The van der Waals surface area contributed by atoms with Crippen LogP contribution in [-0.4, -0.2) is 41.6 Å². The molecule has 1 aromatic heterocycles. The monoisotopic (exact) mass is 335 g/mol. The SMILES string of the molecule is C#Cc1cc(N)c(C(=O)N[C@H]2CCN(C(=O)OC(C)(C)C)C2)s1. The van der Waals surface area contributed by atoms with Gasteiger partial charge in [0.1, 0.15) is 10.5 Å². The number of thiophene rings is 1. The standard InChI is InChI=1S/C16H21N3O3S/c1-5-11-8-12(17)13(23-11)14(20)18-10-6-7-19(9-10)15(21)22-16(2,3)4/h1,8,10H,6-7,9,17H2,2-4H3,(H,18,20)/t10-/m0/s1. The number of rotatable bonds is 2. The molecular formula is C16H21N3O3S. The summed E-state index contributed by atoms with van der Waals surface area (Å²) in [6.45, 7) is 6.44. The van der Waals surface area contributed by atoms with E-state index in [0.717, 1.165) is 0 Å². The number of hydrogen-bond donors (Lipinski definition) is 2. The number of nitrogen functional groups attached to an aromatic ring is 1. The summed E-state index contributed by atoms with van der Waals surface area (Å²) in [4.78, 5) is 26.9. The average molecular weight is 335 g/mol. The first-order valence-corrected chi connectivity index (χ1v) is 8.16. The zero-order chi connectivity index (χ0) is 17.2. The van der Waals surface area contributed by atoms with Crippen LogP contribution in [0.4, 0.5) is 10.5 Å². The van der Waals surface area contributed by atoms with E-state index in [2.05, 4.69) is 11.2 Å². The maximum atomic E-state index is 12.3. The molecule has 2 heterocycles. The molecule has 23 heavy (non-hydrogen) atoms. The van der Waals surface area contributed by atoms with Gasteiger partial charge in [-0.2, -0.15) is 0 Å². The fraction of sp³-hybridized carbons (Fsp3) is 0.500. The second kappa shape index (κ2) is 6.50. The number of ether oxygens (including phenoxy) is 1. The Kier molecular flexibility index (Phi) is 4.85. The molecule has 3 N–H and O–H groups in total. The Morgan fingerprint density at radius 2 is 2.22 bits per heavy atom. The summed E-state index contributed by atoms with van der Waals surface area (Å²) in [5.74, 6) is 2.21. The van der Waals surface area contributed by atoms with Gasteiger partial charge < -0.3 is 20.7 Å². The molecule has 1 aliphatic rings. The largest absolute Gasteiger partial charge is 0.444 e. The van der Waals surface area contributed by atoms with E-state index in [1.54, 1.807) is 11.0 Å². The van der Waals surface area contributed by atoms with Crippen LogP contribution in [0.5, 0.6) is 0 Å². The van der Waals surface area contributed by atoms with Crippen molar-refractivity contribution < 1.29 is 14.3 Å². The highest BCUT2D eigenvalue weighted by Gasteiger charge is 2.31. The second-order valence-corrected chi connectivity index (χ2v) is 7.48. The highest BCUT2D eigenvalue weighted by molar-refractivity contribution is 7.15. The van der Waals surface area contributed by atoms with Crippen LogP contribution in [0.15, 0.2) is 6.07 Å². The van der Waals surface area contributed by atoms with Gasteiger partial charge in [-0.3, -0.25) is 4.79 Å². The third-order valence-corrected chi connectivity index (χ3v) is 4.37. The number of terminal acetylenes is 1. The molecule has 2 amide bonds. The summed E-state index contributed by atoms with van der Waals surface area (Å²) >= 11 is 1.19. The minimum absolute atomic E-state index is 0.120. The van der Waals surface area contributed by atoms with E-state index in [1.165, 1.54) is 11.3 Å². The average Bonchev–Trinajstić information content (AvgIpc) is 3.03. The van der Waals surface area contributed by atoms with Gasteiger partial charge in [-0.05, 0) is 33.3 Å². The van der Waals surface area contributed by atoms with Crippen LogP contribution in [-0.2, 0) is 4.74 Å². The minimum atomic E-state index is -0.532. The number of likely N-dealkylation sites (tertiary alicyclic amines) is 1. The van der Waals surface area contributed by atoms with E-state index in [4.69, 9.17) is 16.9 Å². The van der Waals surface area contributed by atoms with Gasteiger partial charge in [0.25, 0.3) is 5.91 Å². The van der Waals surface area contributed by atoms with Crippen molar-refractivity contribution in [2.45, 2.75) is 38.8 Å². The predicted octanol–water partition coefficient (Wildman–Crippen LogP) is 2.05. The number of nitrogens with two attached hydrogens (primary N) is 1. The van der Waals surface area contributed by atoms with E-state index in [1.807, 2.05) is 20.8 Å². The number of carbonyl (C=O) groups is 2. The smallest absolute Gasteiger partial charge is 0.410 e. The van der Waals surface area contributed by atoms with Crippen molar-refractivity contribution in [3.63, 3.8) is 0 Å². The van der Waals surface area contributed by atoms with E-state index >= 15 is 0 Å². The van der Waals surface area contributed by atoms with Gasteiger partial charge in [-0.25, -0.2) is 4.79 Å². The van der Waals surface area contributed by atoms with Crippen LogP contribution in [0.3, 0.4) is 0 Å². The molecule has 1 aliphatic heterocycles. The third kappa shape index (κ3) is 4.39. The lowest BCUT2D eigenvalue weighted by Gasteiger charge is -2.24. The fourth-order valence-electron chi connectivity index (χ4n) is 2.28. The predicted molar refractivity (Wildman–Crippen MR) is 90.3 cm³/mol. The highest BCUT2D eigenvalue weighted by Crippen LogP contribution is 2.24. The maximum Gasteiger partial charge on any atom is 0.410 e. The molecule has 0 spiro atoms. The number of nitrogens with zero attached hydrogens (tertiary/aromatic N) is 1. The Labute approximate surface area is 140 Å². The number of hydrogen-bond acceptors (Lipinski definition) is 5. The minimum Gasteiger partial charge on any atom is -0.444 e. The van der Waals surface area contributed by atoms with Gasteiger partial charge in [0.2, 0.25) is 0 Å². The molecule has 0 saturated carbocycles. The van der Waals surface area contributed by atoms with Crippen LogP contribution < -0.4 is 11.1 Å². The zero-order valence-electron chi connectivity index (χ0n) is 13.5. The van der Waals surface area contributed by atoms with Crippen molar-refractivity contribution in [1.82, 2.24) is 10.2 Å². The zero-order valence-corrected chi connectivity index (χ0v) is 14.3. The van der Waals surface area contributed by atoms with Crippen molar-refractivity contribution in [2.24, 2.45) is 0 Å². The molecule has 1 saturated heterocycles. The second-order valence-electron chi connectivity index (χ2n) is 6.42. The first-order valence-electron chi connectivity index (χ1n) is 7.34. The number of amides is 2. The molecule has 0 unspecified atom stereocenters. The summed E-state index contributed by atoms with van der Waals surface area (Å²) in [5.41, 5.74) is 5.65. The Balaban J connectivity index is 1.92. The summed E-state index contributed by atoms with van der Waals surface area (Å²) in [7, 11) is 0. The molecule has 7 heteroatoms. The summed E-state index contributed by atoms with van der Waals surface area (Å²) in [6, 6.07) is 1.49. The molecule has 2 rings (SSSR count). The van der Waals surface area contributed by atoms with Crippen molar-refractivity contribution in [3.8, 4) is 12.3 Å². The molecule has 6 nitrogen and oxygen atoms in total. The topological polar surface area (TPSA) is 84.7 Å². The van der Waals surface area contributed by atoms with Crippen molar-refractivity contribution in [1.29, 1.82) is 0 Å². The normalized spacial score (nSPS) is 17.7. The first-order chi connectivity index (χ1) is 10.7. The van der Waals surface area contributed by atoms with Gasteiger partial charge in [0.15, 0.2) is 0 Å². The van der Waals surface area contributed by atoms with Crippen LogP contribution in [0.2, 0.25) is 0 Å². The van der Waals surface area contributed by atoms with Gasteiger partial charge >= 0.3 is 6.09 Å². The van der Waals surface area contributed by atoms with Gasteiger partial charge in [-0.15, -0.1) is 17.8 Å². The molecule has 0 aromatic carbocycles. The van der Waals surface area contributed by atoms with Crippen molar-refractivity contribution in [3.05, 3.63) is 15.8 Å². The van der Waals surface area contributed by atoms with Gasteiger partial charge in [0.05, 0.1) is 10.6 Å². The molecule has 1 atom stereocenters. The quantitative estimate of drug-likeness (QED) is 0.810. The van der Waals surface area contributed by atoms with E-state index in [9.17, 15) is 9.59 Å². The van der Waals surface area contributed by atoms with Crippen LogP contribution >= 0.6 is 11.3 Å². The summed E-state index contributed by atoms with van der Waals surface area (Å²) in [6.07, 6.45) is 5.63. The van der Waals surface area contributed by atoms with Crippen LogP contribution in [0.25, 0.3) is 0 Å². The van der Waals surface area contributed by atoms with Crippen molar-refractivity contribution in [2.75, 3.05) is 18.8 Å². The molecule has 0 radical (unpaired) electrons. The lowest BCUT2D eigenvalue weighted by Crippen LogP contribution is -2.40. The van der Waals surface area contributed by atoms with Gasteiger partial charge in [-0.1, -0.05) is 5.92 Å². The van der Waals surface area contributed by atoms with E-state index in [-0.39, 0.29) is 18.0 Å².